The molecule has 0 amide bonds. The minimum absolute atomic E-state index is 0.0113. The number of rotatable bonds is 7. The number of aromatic nitrogens is 1. The lowest BCUT2D eigenvalue weighted by molar-refractivity contribution is 0.0518. The molecule has 0 bridgehead atoms. The van der Waals surface area contributed by atoms with Crippen molar-refractivity contribution in [3.05, 3.63) is 77.6 Å². The molecule has 1 N–H and O–H groups in total. The van der Waals surface area contributed by atoms with Crippen LogP contribution in [0.15, 0.2) is 65.7 Å². The highest BCUT2D eigenvalue weighted by Crippen LogP contribution is 2.36. The number of anilines is 1. The standard InChI is InChI=1S/C25H24N2O6S/c1-4-32-24(28)20-21(26-34(30,31)18-12-10-16(3)11-13-18)23(25(29)33-5-2)27-15-14-17-8-6-7-9-19(17)22(20)27/h6-15,26H,4-5H2,1-3H3. The molecule has 0 saturated heterocycles. The Hall–Kier alpha value is -3.85. The van der Waals surface area contributed by atoms with Crippen LogP contribution >= 0.6 is 0 Å². The lowest BCUT2D eigenvalue weighted by atomic mass is 10.1. The Balaban J connectivity index is 2.07. The Labute approximate surface area is 197 Å². The molecule has 0 radical (unpaired) electrons. The maximum absolute atomic E-state index is 13.3. The summed E-state index contributed by atoms with van der Waals surface area (Å²) in [5.74, 6) is -1.53. The summed E-state index contributed by atoms with van der Waals surface area (Å²) < 4.78 is 41.0. The van der Waals surface area contributed by atoms with Crippen molar-refractivity contribution in [2.45, 2.75) is 25.7 Å². The topological polar surface area (TPSA) is 103 Å². The van der Waals surface area contributed by atoms with Crippen LogP contribution in [-0.2, 0) is 19.5 Å². The Kier molecular flexibility index (Phi) is 6.30. The molecule has 0 aliphatic rings. The van der Waals surface area contributed by atoms with Gasteiger partial charge in [0.2, 0.25) is 0 Å². The summed E-state index contributed by atoms with van der Waals surface area (Å²) in [7, 11) is -4.15. The molecule has 0 aliphatic heterocycles. The summed E-state index contributed by atoms with van der Waals surface area (Å²) in [5.41, 5.74) is 0.883. The third-order valence-corrected chi connectivity index (χ3v) is 6.71. The van der Waals surface area contributed by atoms with E-state index in [4.69, 9.17) is 9.47 Å². The normalized spacial score (nSPS) is 11.5. The molecule has 0 spiro atoms. The summed E-state index contributed by atoms with van der Waals surface area (Å²) in [6, 6.07) is 15.3. The van der Waals surface area contributed by atoms with E-state index in [1.165, 1.54) is 16.5 Å². The third kappa shape index (κ3) is 4.10. The zero-order valence-corrected chi connectivity index (χ0v) is 19.8. The fourth-order valence-corrected chi connectivity index (χ4v) is 4.91. The van der Waals surface area contributed by atoms with Gasteiger partial charge in [-0.1, -0.05) is 42.0 Å². The van der Waals surface area contributed by atoms with Gasteiger partial charge in [-0.25, -0.2) is 18.0 Å². The molecule has 0 unspecified atom stereocenters. The van der Waals surface area contributed by atoms with Gasteiger partial charge < -0.3 is 13.9 Å². The number of nitrogens with zero attached hydrogens (tertiary/aromatic N) is 1. The second-order valence-electron chi connectivity index (χ2n) is 7.58. The van der Waals surface area contributed by atoms with Crippen LogP contribution in [0.2, 0.25) is 0 Å². The molecule has 4 rings (SSSR count). The van der Waals surface area contributed by atoms with E-state index in [0.717, 1.165) is 10.9 Å². The van der Waals surface area contributed by atoms with Crippen molar-refractivity contribution in [2.75, 3.05) is 17.9 Å². The zero-order valence-electron chi connectivity index (χ0n) is 19.0. The third-order valence-electron chi connectivity index (χ3n) is 5.34. The molecular weight excluding hydrogens is 456 g/mol. The quantitative estimate of drug-likeness (QED) is 0.389. The first-order chi connectivity index (χ1) is 16.3. The molecule has 176 valence electrons. The van der Waals surface area contributed by atoms with E-state index in [1.807, 2.05) is 19.1 Å². The highest BCUT2D eigenvalue weighted by atomic mass is 32.2. The number of ether oxygens (including phenoxy) is 2. The Bertz CT molecular complexity index is 1500. The van der Waals surface area contributed by atoms with Crippen molar-refractivity contribution >= 4 is 43.9 Å². The predicted molar refractivity (Wildman–Crippen MR) is 129 cm³/mol. The van der Waals surface area contributed by atoms with E-state index in [1.54, 1.807) is 50.4 Å². The molecule has 0 saturated carbocycles. The van der Waals surface area contributed by atoms with Crippen molar-refractivity contribution in [3.8, 4) is 0 Å². The summed E-state index contributed by atoms with van der Waals surface area (Å²) in [5, 5.41) is 1.46. The zero-order chi connectivity index (χ0) is 24.5. The highest BCUT2D eigenvalue weighted by molar-refractivity contribution is 7.92. The van der Waals surface area contributed by atoms with Crippen LogP contribution in [0, 0.1) is 6.92 Å². The predicted octanol–water partition coefficient (Wildman–Crippen LogP) is 4.56. The minimum atomic E-state index is -4.15. The molecule has 0 aliphatic carbocycles. The van der Waals surface area contributed by atoms with Crippen LogP contribution in [0.1, 0.15) is 40.3 Å². The number of esters is 2. The smallest absolute Gasteiger partial charge is 0.357 e. The SMILES string of the molecule is CCOC(=O)c1c(NS(=O)(=O)c2ccc(C)cc2)c(C(=O)OCC)n2ccc3ccccc3c12. The lowest BCUT2D eigenvalue weighted by Gasteiger charge is -2.11. The maximum Gasteiger partial charge on any atom is 0.357 e. The second-order valence-corrected chi connectivity index (χ2v) is 9.26. The second kappa shape index (κ2) is 9.18. The Morgan fingerprint density at radius 3 is 2.24 bits per heavy atom. The van der Waals surface area contributed by atoms with Gasteiger partial charge in [0.25, 0.3) is 10.0 Å². The minimum Gasteiger partial charge on any atom is -0.462 e. The van der Waals surface area contributed by atoms with Gasteiger partial charge in [-0.05, 0) is 44.4 Å². The number of fused-ring (bicyclic) bond motifs is 3. The molecular formula is C25H24N2O6S. The molecule has 2 aromatic heterocycles. The number of benzene rings is 2. The van der Waals surface area contributed by atoms with Gasteiger partial charge in [0, 0.05) is 11.6 Å². The number of hydrogen-bond donors (Lipinski definition) is 1. The van der Waals surface area contributed by atoms with Gasteiger partial charge in [-0.2, -0.15) is 0 Å². The fourth-order valence-electron chi connectivity index (χ4n) is 3.83. The van der Waals surface area contributed by atoms with Gasteiger partial charge >= 0.3 is 11.9 Å². The van der Waals surface area contributed by atoms with Crippen LogP contribution in [-0.4, -0.2) is 38.0 Å². The number of carbonyl (C=O) groups is 2. The van der Waals surface area contributed by atoms with Crippen molar-refractivity contribution in [2.24, 2.45) is 0 Å². The van der Waals surface area contributed by atoms with Crippen molar-refractivity contribution in [1.82, 2.24) is 4.40 Å². The summed E-state index contributed by atoms with van der Waals surface area (Å²) in [4.78, 5) is 26.2. The number of sulfonamides is 1. The first-order valence-corrected chi connectivity index (χ1v) is 12.3. The van der Waals surface area contributed by atoms with Crippen molar-refractivity contribution < 1.29 is 27.5 Å². The maximum atomic E-state index is 13.3. The molecule has 2 heterocycles. The number of hydrogen-bond acceptors (Lipinski definition) is 6. The Morgan fingerprint density at radius 2 is 1.56 bits per heavy atom. The van der Waals surface area contributed by atoms with Gasteiger partial charge in [0.05, 0.1) is 29.3 Å². The van der Waals surface area contributed by atoms with Gasteiger partial charge in [0.15, 0.2) is 5.69 Å². The summed E-state index contributed by atoms with van der Waals surface area (Å²) in [6.07, 6.45) is 1.61. The van der Waals surface area contributed by atoms with E-state index in [0.29, 0.717) is 10.9 Å². The first kappa shape index (κ1) is 23.3. The molecule has 2 aromatic carbocycles. The largest absolute Gasteiger partial charge is 0.462 e. The molecule has 34 heavy (non-hydrogen) atoms. The van der Waals surface area contributed by atoms with E-state index < -0.39 is 22.0 Å². The van der Waals surface area contributed by atoms with Crippen LogP contribution in [0.4, 0.5) is 5.69 Å². The molecule has 9 heteroatoms. The molecule has 4 aromatic rings. The van der Waals surface area contributed by atoms with Crippen LogP contribution in [0.3, 0.4) is 0 Å². The van der Waals surface area contributed by atoms with E-state index >= 15 is 0 Å². The van der Waals surface area contributed by atoms with Gasteiger partial charge in [-0.15, -0.1) is 0 Å². The van der Waals surface area contributed by atoms with Gasteiger partial charge in [0.1, 0.15) is 5.56 Å². The van der Waals surface area contributed by atoms with Crippen LogP contribution in [0.25, 0.3) is 16.3 Å². The monoisotopic (exact) mass is 480 g/mol. The average Bonchev–Trinajstić information content (AvgIpc) is 3.13. The average molecular weight is 481 g/mol. The van der Waals surface area contributed by atoms with Gasteiger partial charge in [-0.3, -0.25) is 4.72 Å². The highest BCUT2D eigenvalue weighted by Gasteiger charge is 2.32. The van der Waals surface area contributed by atoms with Crippen LogP contribution in [0.5, 0.6) is 0 Å². The number of carbonyl (C=O) groups excluding carboxylic acids is 2. The van der Waals surface area contributed by atoms with E-state index in [2.05, 4.69) is 4.72 Å². The first-order valence-electron chi connectivity index (χ1n) is 10.8. The number of nitrogens with one attached hydrogen (secondary N) is 1. The molecule has 0 atom stereocenters. The van der Waals surface area contributed by atoms with E-state index in [9.17, 15) is 18.0 Å². The summed E-state index contributed by atoms with van der Waals surface area (Å²) in [6.45, 7) is 5.27. The molecule has 8 nitrogen and oxygen atoms in total. The fraction of sp³-hybridized carbons (Fsp3) is 0.200. The van der Waals surface area contributed by atoms with Crippen molar-refractivity contribution in [1.29, 1.82) is 0 Å². The lowest BCUT2D eigenvalue weighted by Crippen LogP contribution is -2.18. The van der Waals surface area contributed by atoms with E-state index in [-0.39, 0.29) is 35.1 Å². The number of pyridine rings is 1. The summed E-state index contributed by atoms with van der Waals surface area (Å²) >= 11 is 0. The van der Waals surface area contributed by atoms with Crippen LogP contribution < -0.4 is 4.72 Å². The Morgan fingerprint density at radius 1 is 0.912 bits per heavy atom. The molecule has 0 fully saturated rings. The number of aryl methyl sites for hydroxylation is 1. The van der Waals surface area contributed by atoms with Crippen molar-refractivity contribution in [3.63, 3.8) is 0 Å².